The van der Waals surface area contributed by atoms with Crippen molar-refractivity contribution < 1.29 is 9.53 Å². The normalized spacial score (nSPS) is 16.6. The maximum Gasteiger partial charge on any atom is 0.316 e. The number of hydrogen-bond donors (Lipinski definition) is 0. The van der Waals surface area contributed by atoms with E-state index in [4.69, 9.17) is 4.74 Å². The number of ether oxygens (including phenoxy) is 1. The van der Waals surface area contributed by atoms with Gasteiger partial charge in [-0.3, -0.25) is 4.79 Å². The van der Waals surface area contributed by atoms with Gasteiger partial charge in [0, 0.05) is 18.9 Å². The van der Waals surface area contributed by atoms with Crippen LogP contribution < -0.4 is 4.74 Å². The van der Waals surface area contributed by atoms with Gasteiger partial charge in [-0.05, 0) is 39.9 Å². The Morgan fingerprint density at radius 1 is 1.00 bits per heavy atom. The Labute approximate surface area is 178 Å². The van der Waals surface area contributed by atoms with Crippen molar-refractivity contribution in [2.75, 3.05) is 13.1 Å². The van der Waals surface area contributed by atoms with Crippen molar-refractivity contribution in [1.29, 1.82) is 0 Å². The fraction of sp³-hybridized carbons (Fsp3) is 0.261. The lowest BCUT2D eigenvalue weighted by Gasteiger charge is -2.35. The number of hydrogen-bond acceptors (Lipinski definition) is 4. The fourth-order valence-corrected chi connectivity index (χ4v) is 3.90. The highest BCUT2D eigenvalue weighted by molar-refractivity contribution is 9.10. The third kappa shape index (κ3) is 4.82. The molecule has 29 heavy (non-hydrogen) atoms. The van der Waals surface area contributed by atoms with E-state index in [1.807, 2.05) is 65.6 Å². The summed E-state index contributed by atoms with van der Waals surface area (Å²) >= 11 is 3.33. The molecule has 0 saturated carbocycles. The molecule has 5 nitrogen and oxygen atoms in total. The van der Waals surface area contributed by atoms with Gasteiger partial charge >= 0.3 is 6.01 Å². The van der Waals surface area contributed by atoms with Crippen LogP contribution in [0.25, 0.3) is 0 Å². The smallest absolute Gasteiger partial charge is 0.316 e. The highest BCUT2D eigenvalue weighted by Gasteiger charge is 2.31. The van der Waals surface area contributed by atoms with E-state index in [9.17, 15) is 4.79 Å². The molecule has 148 valence electrons. The first kappa shape index (κ1) is 19.6. The topological polar surface area (TPSA) is 55.3 Å². The predicted molar refractivity (Wildman–Crippen MR) is 115 cm³/mol. The van der Waals surface area contributed by atoms with E-state index in [0.29, 0.717) is 12.6 Å². The molecule has 4 rings (SSSR count). The molecular formula is C23H22BrN3O2. The van der Waals surface area contributed by atoms with Crippen LogP contribution in [0.4, 0.5) is 0 Å². The van der Waals surface area contributed by atoms with Crippen molar-refractivity contribution >= 4 is 21.8 Å². The molecule has 1 saturated heterocycles. The minimum Gasteiger partial charge on any atom is -0.458 e. The third-order valence-electron chi connectivity index (χ3n) is 5.07. The molecule has 1 atom stereocenters. The molecule has 1 unspecified atom stereocenters. The molecular weight excluding hydrogens is 430 g/mol. The molecule has 1 aliphatic rings. The first-order valence-electron chi connectivity index (χ1n) is 9.73. The maximum absolute atomic E-state index is 13.6. The van der Waals surface area contributed by atoms with Gasteiger partial charge in [-0.1, -0.05) is 60.7 Å². The van der Waals surface area contributed by atoms with Gasteiger partial charge in [-0.2, -0.15) is 0 Å². The summed E-state index contributed by atoms with van der Waals surface area (Å²) in [6.45, 7) is 1.27. The number of carbonyl (C=O) groups excluding carboxylic acids is 1. The van der Waals surface area contributed by atoms with Crippen LogP contribution in [-0.2, 0) is 4.79 Å². The molecule has 0 N–H and O–H groups in total. The first-order chi connectivity index (χ1) is 14.2. The van der Waals surface area contributed by atoms with Gasteiger partial charge in [0.2, 0.25) is 5.91 Å². The second-order valence-electron chi connectivity index (χ2n) is 7.10. The van der Waals surface area contributed by atoms with Crippen molar-refractivity contribution in [1.82, 2.24) is 14.9 Å². The van der Waals surface area contributed by atoms with Gasteiger partial charge < -0.3 is 9.64 Å². The van der Waals surface area contributed by atoms with Crippen LogP contribution in [0.2, 0.25) is 0 Å². The summed E-state index contributed by atoms with van der Waals surface area (Å²) in [6.07, 6.45) is 4.98. The third-order valence-corrected chi connectivity index (χ3v) is 5.48. The Balaban J connectivity index is 1.53. The monoisotopic (exact) mass is 451 g/mol. The highest BCUT2D eigenvalue weighted by atomic mass is 79.9. The molecule has 6 heteroatoms. The van der Waals surface area contributed by atoms with Crippen LogP contribution in [0.3, 0.4) is 0 Å². The molecule has 1 amide bonds. The van der Waals surface area contributed by atoms with Gasteiger partial charge in [0.25, 0.3) is 0 Å². The zero-order valence-electron chi connectivity index (χ0n) is 15.9. The quantitative estimate of drug-likeness (QED) is 0.575. The largest absolute Gasteiger partial charge is 0.458 e. The second kappa shape index (κ2) is 9.18. The van der Waals surface area contributed by atoms with Crippen LogP contribution in [0, 0.1) is 0 Å². The number of piperidine rings is 1. The summed E-state index contributed by atoms with van der Waals surface area (Å²) < 4.78 is 6.75. The summed E-state index contributed by atoms with van der Waals surface area (Å²) in [5.41, 5.74) is 2.01. The Bertz CT molecular complexity index is 896. The number of likely N-dealkylation sites (tertiary alicyclic amines) is 1. The first-order valence-corrected chi connectivity index (χ1v) is 10.5. The summed E-state index contributed by atoms with van der Waals surface area (Å²) in [7, 11) is 0. The van der Waals surface area contributed by atoms with Crippen LogP contribution >= 0.6 is 15.9 Å². The van der Waals surface area contributed by atoms with Gasteiger partial charge in [0.1, 0.15) is 6.10 Å². The molecule has 2 aromatic carbocycles. The van der Waals surface area contributed by atoms with Gasteiger partial charge in [-0.15, -0.1) is 0 Å². The molecule has 3 aromatic rings. The Morgan fingerprint density at radius 3 is 2.17 bits per heavy atom. The van der Waals surface area contributed by atoms with Crippen molar-refractivity contribution in [2.24, 2.45) is 0 Å². The molecule has 1 aromatic heterocycles. The number of halogens is 1. The van der Waals surface area contributed by atoms with Gasteiger partial charge in [0.05, 0.1) is 16.9 Å². The lowest BCUT2D eigenvalue weighted by Crippen LogP contribution is -2.46. The average Bonchev–Trinajstić information content (AvgIpc) is 2.77. The number of aromatic nitrogens is 2. The second-order valence-corrected chi connectivity index (χ2v) is 8.02. The number of nitrogens with zero attached hydrogens (tertiary/aromatic N) is 3. The highest BCUT2D eigenvalue weighted by Crippen LogP contribution is 2.28. The van der Waals surface area contributed by atoms with Crippen molar-refractivity contribution in [3.63, 3.8) is 0 Å². The molecule has 0 spiro atoms. The van der Waals surface area contributed by atoms with Crippen LogP contribution in [0.5, 0.6) is 6.01 Å². The lowest BCUT2D eigenvalue weighted by atomic mass is 9.89. The summed E-state index contributed by atoms with van der Waals surface area (Å²) in [4.78, 5) is 23.9. The molecule has 0 aliphatic carbocycles. The standard InChI is InChI=1S/C23H22BrN3O2/c24-19-14-25-23(26-15-19)29-20-12-7-13-27(16-20)22(28)21(17-8-3-1-4-9-17)18-10-5-2-6-11-18/h1-6,8-11,14-15,20-21H,7,12-13,16H2. The number of amides is 1. The number of benzene rings is 2. The van der Waals surface area contributed by atoms with E-state index in [-0.39, 0.29) is 17.9 Å². The van der Waals surface area contributed by atoms with E-state index in [1.165, 1.54) is 0 Å². The van der Waals surface area contributed by atoms with E-state index in [0.717, 1.165) is 35.0 Å². The van der Waals surface area contributed by atoms with Gasteiger partial charge in [-0.25, -0.2) is 9.97 Å². The lowest BCUT2D eigenvalue weighted by molar-refractivity contribution is -0.134. The van der Waals surface area contributed by atoms with Crippen molar-refractivity contribution in [3.8, 4) is 6.01 Å². The summed E-state index contributed by atoms with van der Waals surface area (Å²) in [6, 6.07) is 20.3. The Kier molecular flexibility index (Phi) is 6.20. The molecule has 0 radical (unpaired) electrons. The summed E-state index contributed by atoms with van der Waals surface area (Å²) in [5, 5.41) is 0. The fourth-order valence-electron chi connectivity index (χ4n) is 3.70. The number of carbonyl (C=O) groups is 1. The van der Waals surface area contributed by atoms with Crippen LogP contribution in [-0.4, -0.2) is 40.0 Å². The Hall–Kier alpha value is -2.73. The summed E-state index contributed by atoms with van der Waals surface area (Å²) in [5.74, 6) is -0.215. The molecule has 2 heterocycles. The Morgan fingerprint density at radius 2 is 1.59 bits per heavy atom. The molecule has 0 bridgehead atoms. The minimum absolute atomic E-state index is 0.104. The zero-order valence-corrected chi connectivity index (χ0v) is 17.5. The van der Waals surface area contributed by atoms with E-state index < -0.39 is 0 Å². The maximum atomic E-state index is 13.6. The molecule has 1 fully saturated rings. The zero-order chi connectivity index (χ0) is 20.1. The minimum atomic E-state index is -0.319. The SMILES string of the molecule is O=C(C(c1ccccc1)c1ccccc1)N1CCCC(Oc2ncc(Br)cn2)C1. The van der Waals surface area contributed by atoms with E-state index >= 15 is 0 Å². The van der Waals surface area contributed by atoms with Crippen molar-refractivity contribution in [3.05, 3.63) is 88.7 Å². The predicted octanol–water partition coefficient (Wildman–Crippen LogP) is 4.44. The van der Waals surface area contributed by atoms with Crippen molar-refractivity contribution in [2.45, 2.75) is 24.9 Å². The van der Waals surface area contributed by atoms with E-state index in [2.05, 4.69) is 25.9 Å². The number of rotatable bonds is 5. The van der Waals surface area contributed by atoms with Gasteiger partial charge in [0.15, 0.2) is 0 Å². The molecule has 1 aliphatic heterocycles. The van der Waals surface area contributed by atoms with E-state index in [1.54, 1.807) is 12.4 Å². The van der Waals surface area contributed by atoms with Crippen LogP contribution in [0.1, 0.15) is 29.9 Å². The average molecular weight is 452 g/mol. The van der Waals surface area contributed by atoms with Crippen LogP contribution in [0.15, 0.2) is 77.5 Å².